The Morgan fingerprint density at radius 3 is 2.48 bits per heavy atom. The summed E-state index contributed by atoms with van der Waals surface area (Å²) in [5, 5.41) is 2.84. The molecule has 1 atom stereocenters. The number of likely N-dealkylation sites (tertiary alicyclic amines) is 1. The van der Waals surface area contributed by atoms with Crippen LogP contribution in [0.3, 0.4) is 0 Å². The molecule has 8 nitrogen and oxygen atoms in total. The van der Waals surface area contributed by atoms with Crippen molar-refractivity contribution < 1.29 is 18.0 Å². The van der Waals surface area contributed by atoms with E-state index < -0.39 is 10.0 Å². The van der Waals surface area contributed by atoms with E-state index in [4.69, 9.17) is 0 Å². The van der Waals surface area contributed by atoms with Crippen molar-refractivity contribution in [3.05, 3.63) is 29.8 Å². The fourth-order valence-electron chi connectivity index (χ4n) is 3.16. The predicted molar refractivity (Wildman–Crippen MR) is 103 cm³/mol. The number of likely N-dealkylation sites (N-methyl/N-ethyl adjacent to an activating group) is 1. The van der Waals surface area contributed by atoms with Crippen LogP contribution in [0.1, 0.15) is 29.6 Å². The molecule has 27 heavy (non-hydrogen) atoms. The van der Waals surface area contributed by atoms with Crippen molar-refractivity contribution in [2.24, 2.45) is 0 Å². The number of carbonyl (C=O) groups is 2. The second kappa shape index (κ2) is 9.29. The Hall–Kier alpha value is -1.97. The first-order valence-electron chi connectivity index (χ1n) is 9.03. The average Bonchev–Trinajstić information content (AvgIpc) is 3.12. The lowest BCUT2D eigenvalue weighted by Crippen LogP contribution is -2.43. The van der Waals surface area contributed by atoms with Gasteiger partial charge in [0.25, 0.3) is 5.91 Å². The van der Waals surface area contributed by atoms with Crippen molar-refractivity contribution in [2.45, 2.75) is 30.2 Å². The van der Waals surface area contributed by atoms with Crippen LogP contribution in [0, 0.1) is 0 Å². The van der Waals surface area contributed by atoms with E-state index in [1.165, 1.54) is 31.3 Å². The molecule has 1 aliphatic rings. The van der Waals surface area contributed by atoms with E-state index in [9.17, 15) is 18.0 Å². The number of nitrogens with zero attached hydrogens (tertiary/aromatic N) is 2. The first-order chi connectivity index (χ1) is 12.8. The largest absolute Gasteiger partial charge is 0.352 e. The van der Waals surface area contributed by atoms with E-state index in [1.54, 1.807) is 19.0 Å². The molecular weight excluding hydrogens is 368 g/mol. The lowest BCUT2D eigenvalue weighted by atomic mass is 10.2. The predicted octanol–water partition coefficient (Wildman–Crippen LogP) is 0.267. The molecule has 1 aliphatic heterocycles. The Balaban J connectivity index is 1.80. The van der Waals surface area contributed by atoms with Gasteiger partial charge in [-0.2, -0.15) is 0 Å². The van der Waals surface area contributed by atoms with Crippen molar-refractivity contribution in [2.75, 3.05) is 40.8 Å². The van der Waals surface area contributed by atoms with Gasteiger partial charge in [-0.1, -0.05) is 0 Å². The summed E-state index contributed by atoms with van der Waals surface area (Å²) < 4.78 is 25.6. The third-order valence-electron chi connectivity index (χ3n) is 4.69. The lowest BCUT2D eigenvalue weighted by molar-refractivity contribution is -0.133. The van der Waals surface area contributed by atoms with Gasteiger partial charge in [-0.05, 0) is 57.1 Å². The van der Waals surface area contributed by atoms with Gasteiger partial charge in [0, 0.05) is 32.7 Å². The van der Waals surface area contributed by atoms with E-state index in [0.29, 0.717) is 12.1 Å². The van der Waals surface area contributed by atoms with Gasteiger partial charge < -0.3 is 10.2 Å². The number of hydrogen-bond acceptors (Lipinski definition) is 5. The van der Waals surface area contributed by atoms with Gasteiger partial charge in [0.1, 0.15) is 0 Å². The van der Waals surface area contributed by atoms with Crippen molar-refractivity contribution in [3.63, 3.8) is 0 Å². The van der Waals surface area contributed by atoms with E-state index in [2.05, 4.69) is 14.9 Å². The standard InChI is InChI=1S/C18H28N4O4S/c1-19-27(25,26)15-9-7-14(8-10-15)17(23)20-11-5-13-22-12-4-6-16(22)18(24)21(2)3/h7-10,16,19H,4-6,11-13H2,1-3H3,(H,20,23)/t16-/m1/s1. The molecule has 0 aliphatic carbocycles. The smallest absolute Gasteiger partial charge is 0.251 e. The molecule has 0 spiro atoms. The minimum Gasteiger partial charge on any atom is -0.352 e. The molecule has 0 aromatic heterocycles. The Morgan fingerprint density at radius 2 is 1.89 bits per heavy atom. The summed E-state index contributed by atoms with van der Waals surface area (Å²) in [5.41, 5.74) is 0.409. The molecule has 1 aromatic carbocycles. The lowest BCUT2D eigenvalue weighted by Gasteiger charge is -2.26. The summed E-state index contributed by atoms with van der Waals surface area (Å²) in [5.74, 6) is -0.112. The second-order valence-electron chi connectivity index (χ2n) is 6.77. The van der Waals surface area contributed by atoms with Crippen LogP contribution < -0.4 is 10.0 Å². The number of hydrogen-bond donors (Lipinski definition) is 2. The molecule has 2 N–H and O–H groups in total. The van der Waals surface area contributed by atoms with Crippen LogP contribution in [-0.2, 0) is 14.8 Å². The number of sulfonamides is 1. The van der Waals surface area contributed by atoms with Crippen LogP contribution in [0.2, 0.25) is 0 Å². The van der Waals surface area contributed by atoms with E-state index in [0.717, 1.165) is 32.4 Å². The Kier molecular flexibility index (Phi) is 7.34. The SMILES string of the molecule is CNS(=O)(=O)c1ccc(C(=O)NCCCN2CCC[C@@H]2C(=O)N(C)C)cc1. The van der Waals surface area contributed by atoms with Crippen LogP contribution in [0.25, 0.3) is 0 Å². The van der Waals surface area contributed by atoms with Gasteiger partial charge in [0.2, 0.25) is 15.9 Å². The highest BCUT2D eigenvalue weighted by Gasteiger charge is 2.31. The molecule has 150 valence electrons. The molecule has 0 unspecified atom stereocenters. The first-order valence-corrected chi connectivity index (χ1v) is 10.5. The fraction of sp³-hybridized carbons (Fsp3) is 0.556. The van der Waals surface area contributed by atoms with Gasteiger partial charge >= 0.3 is 0 Å². The summed E-state index contributed by atoms with van der Waals surface area (Å²) in [7, 11) is 1.37. The highest BCUT2D eigenvalue weighted by atomic mass is 32.2. The molecule has 1 saturated heterocycles. The van der Waals surface area contributed by atoms with Crippen molar-refractivity contribution in [3.8, 4) is 0 Å². The van der Waals surface area contributed by atoms with Crippen LogP contribution >= 0.6 is 0 Å². The summed E-state index contributed by atoms with van der Waals surface area (Å²) in [6.45, 7) is 2.15. The molecule has 1 aromatic rings. The maximum absolute atomic E-state index is 12.2. The van der Waals surface area contributed by atoms with Crippen molar-refractivity contribution in [1.29, 1.82) is 0 Å². The van der Waals surface area contributed by atoms with Gasteiger partial charge in [0.15, 0.2) is 0 Å². The Morgan fingerprint density at radius 1 is 1.22 bits per heavy atom. The topological polar surface area (TPSA) is 98.8 Å². The number of carbonyl (C=O) groups excluding carboxylic acids is 2. The first kappa shape index (κ1) is 21.3. The van der Waals surface area contributed by atoms with Crippen LogP contribution in [0.15, 0.2) is 29.2 Å². The fourth-order valence-corrected chi connectivity index (χ4v) is 3.89. The molecule has 0 radical (unpaired) electrons. The highest BCUT2D eigenvalue weighted by Crippen LogP contribution is 2.18. The van der Waals surface area contributed by atoms with Gasteiger partial charge in [-0.25, -0.2) is 13.1 Å². The summed E-state index contributed by atoms with van der Waals surface area (Å²) in [6, 6.07) is 5.74. The van der Waals surface area contributed by atoms with E-state index in [-0.39, 0.29) is 22.8 Å². The number of nitrogens with one attached hydrogen (secondary N) is 2. The maximum atomic E-state index is 12.2. The highest BCUT2D eigenvalue weighted by molar-refractivity contribution is 7.89. The Labute approximate surface area is 161 Å². The number of amides is 2. The summed E-state index contributed by atoms with van der Waals surface area (Å²) in [4.78, 5) is 28.3. The molecular formula is C18H28N4O4S. The molecule has 1 fully saturated rings. The third-order valence-corrected chi connectivity index (χ3v) is 6.12. The summed E-state index contributed by atoms with van der Waals surface area (Å²) >= 11 is 0. The third kappa shape index (κ3) is 5.50. The maximum Gasteiger partial charge on any atom is 0.251 e. The molecule has 2 rings (SSSR count). The molecule has 0 saturated carbocycles. The zero-order valence-corrected chi connectivity index (χ0v) is 16.9. The van der Waals surface area contributed by atoms with E-state index in [1.807, 2.05) is 0 Å². The molecule has 1 heterocycles. The Bertz CT molecular complexity index is 762. The summed E-state index contributed by atoms with van der Waals surface area (Å²) in [6.07, 6.45) is 2.64. The van der Waals surface area contributed by atoms with E-state index >= 15 is 0 Å². The number of rotatable bonds is 8. The zero-order valence-electron chi connectivity index (χ0n) is 16.1. The minimum atomic E-state index is -3.51. The van der Waals surface area contributed by atoms with Crippen LogP contribution in [0.4, 0.5) is 0 Å². The number of benzene rings is 1. The second-order valence-corrected chi connectivity index (χ2v) is 8.65. The minimum absolute atomic E-state index is 0.0580. The van der Waals surface area contributed by atoms with Gasteiger partial charge in [-0.15, -0.1) is 0 Å². The van der Waals surface area contributed by atoms with Crippen molar-refractivity contribution in [1.82, 2.24) is 19.8 Å². The quantitative estimate of drug-likeness (QED) is 0.615. The van der Waals surface area contributed by atoms with Crippen molar-refractivity contribution >= 4 is 21.8 Å². The molecule has 2 amide bonds. The van der Waals surface area contributed by atoms with Gasteiger partial charge in [0.05, 0.1) is 10.9 Å². The molecule has 9 heteroatoms. The zero-order chi connectivity index (χ0) is 20.0. The average molecular weight is 397 g/mol. The van der Waals surface area contributed by atoms with Crippen LogP contribution in [-0.4, -0.2) is 76.9 Å². The normalized spacial score (nSPS) is 17.7. The van der Waals surface area contributed by atoms with Gasteiger partial charge in [-0.3, -0.25) is 14.5 Å². The van der Waals surface area contributed by atoms with Crippen LogP contribution in [0.5, 0.6) is 0 Å². The monoisotopic (exact) mass is 396 g/mol. The molecule has 0 bridgehead atoms.